The number of hydrogen-bond acceptors (Lipinski definition) is 4. The molecule has 1 atom stereocenters. The summed E-state index contributed by atoms with van der Waals surface area (Å²) < 4.78 is 43.7. The standard InChI is InChI=1S/C22H22F3N3O3/c1-21(2)9-13-16(14(29)10-21)15(11-7-5-6-8-12(11)22(23,24)25)17-18(26-13)27(3)20(31)28(4)19(17)30/h5-8,15,26H,9-10H2,1-4H3. The maximum Gasteiger partial charge on any atom is 0.416 e. The van der Waals surface area contributed by atoms with Crippen molar-refractivity contribution < 1.29 is 18.0 Å². The zero-order chi connectivity index (χ0) is 22.9. The molecule has 0 radical (unpaired) electrons. The molecule has 1 aromatic heterocycles. The van der Waals surface area contributed by atoms with Gasteiger partial charge in [-0.05, 0) is 23.5 Å². The van der Waals surface area contributed by atoms with Crippen LogP contribution in [0.25, 0.3) is 0 Å². The topological polar surface area (TPSA) is 73.1 Å². The number of alkyl halides is 3. The average molecular weight is 433 g/mol. The van der Waals surface area contributed by atoms with Crippen molar-refractivity contribution in [2.75, 3.05) is 5.32 Å². The number of halogens is 3. The predicted octanol–water partition coefficient (Wildman–Crippen LogP) is 3.30. The Kier molecular flexibility index (Phi) is 4.57. The third-order valence-corrected chi connectivity index (χ3v) is 6.04. The molecule has 164 valence electrons. The summed E-state index contributed by atoms with van der Waals surface area (Å²) in [6, 6.07) is 4.97. The van der Waals surface area contributed by atoms with Crippen molar-refractivity contribution in [3.63, 3.8) is 0 Å². The number of nitrogens with zero attached hydrogens (tertiary/aromatic N) is 2. The molecule has 0 spiro atoms. The summed E-state index contributed by atoms with van der Waals surface area (Å²) in [7, 11) is 2.72. The lowest BCUT2D eigenvalue weighted by Gasteiger charge is -2.40. The number of anilines is 1. The molecule has 0 amide bonds. The second kappa shape index (κ2) is 6.70. The minimum atomic E-state index is -4.68. The van der Waals surface area contributed by atoms with Crippen LogP contribution in [0, 0.1) is 5.41 Å². The van der Waals surface area contributed by atoms with E-state index in [1.54, 1.807) is 0 Å². The van der Waals surface area contributed by atoms with E-state index in [1.807, 2.05) is 13.8 Å². The second-order valence-corrected chi connectivity index (χ2v) is 8.94. The van der Waals surface area contributed by atoms with Crippen LogP contribution in [0.3, 0.4) is 0 Å². The van der Waals surface area contributed by atoms with E-state index < -0.39 is 34.3 Å². The van der Waals surface area contributed by atoms with Gasteiger partial charge in [-0.15, -0.1) is 0 Å². The normalized spacial score (nSPS) is 20.2. The number of nitrogens with one attached hydrogen (secondary N) is 1. The Morgan fingerprint density at radius 1 is 1.03 bits per heavy atom. The van der Waals surface area contributed by atoms with Gasteiger partial charge in [0.1, 0.15) is 5.82 Å². The Bertz CT molecular complexity index is 1270. The lowest BCUT2D eigenvalue weighted by molar-refractivity contribution is -0.138. The van der Waals surface area contributed by atoms with Crippen molar-refractivity contribution in [2.24, 2.45) is 19.5 Å². The number of allylic oxidation sites excluding steroid dienone is 2. The maximum atomic E-state index is 13.9. The van der Waals surface area contributed by atoms with Crippen molar-refractivity contribution in [2.45, 2.75) is 38.8 Å². The number of rotatable bonds is 1. The molecule has 2 heterocycles. The van der Waals surface area contributed by atoms with E-state index >= 15 is 0 Å². The van der Waals surface area contributed by atoms with Crippen molar-refractivity contribution >= 4 is 11.6 Å². The van der Waals surface area contributed by atoms with Crippen LogP contribution >= 0.6 is 0 Å². The maximum absolute atomic E-state index is 13.9. The molecule has 9 heteroatoms. The van der Waals surface area contributed by atoms with Crippen molar-refractivity contribution in [1.82, 2.24) is 9.13 Å². The Balaban J connectivity index is 2.13. The van der Waals surface area contributed by atoms with Crippen LogP contribution in [0.2, 0.25) is 0 Å². The average Bonchev–Trinajstić information content (AvgIpc) is 2.67. The smallest absolute Gasteiger partial charge is 0.344 e. The molecular formula is C22H22F3N3O3. The van der Waals surface area contributed by atoms with Crippen LogP contribution in [0.15, 0.2) is 45.1 Å². The second-order valence-electron chi connectivity index (χ2n) is 8.94. The highest BCUT2D eigenvalue weighted by molar-refractivity contribution is 6.01. The summed E-state index contributed by atoms with van der Waals surface area (Å²) >= 11 is 0. The van der Waals surface area contributed by atoms with Crippen LogP contribution < -0.4 is 16.6 Å². The highest BCUT2D eigenvalue weighted by atomic mass is 19.4. The zero-order valence-corrected chi connectivity index (χ0v) is 17.6. The van der Waals surface area contributed by atoms with Gasteiger partial charge in [0.2, 0.25) is 0 Å². The van der Waals surface area contributed by atoms with E-state index in [2.05, 4.69) is 5.32 Å². The minimum Gasteiger partial charge on any atom is -0.344 e. The van der Waals surface area contributed by atoms with E-state index in [1.165, 1.54) is 36.9 Å². The van der Waals surface area contributed by atoms with Gasteiger partial charge >= 0.3 is 11.9 Å². The number of fused-ring (bicyclic) bond motifs is 1. The molecule has 0 bridgehead atoms. The van der Waals surface area contributed by atoms with Gasteiger partial charge < -0.3 is 5.32 Å². The minimum absolute atomic E-state index is 0.0342. The van der Waals surface area contributed by atoms with Gasteiger partial charge in [-0.3, -0.25) is 18.7 Å². The molecule has 0 saturated carbocycles. The van der Waals surface area contributed by atoms with Crippen molar-refractivity contribution in [3.8, 4) is 0 Å². The Morgan fingerprint density at radius 2 is 1.68 bits per heavy atom. The molecule has 1 unspecified atom stereocenters. The zero-order valence-electron chi connectivity index (χ0n) is 17.6. The van der Waals surface area contributed by atoms with Crippen LogP contribution in [0.4, 0.5) is 19.0 Å². The van der Waals surface area contributed by atoms with Gasteiger partial charge in [0, 0.05) is 37.7 Å². The number of ketones is 1. The molecule has 2 aromatic rings. The molecule has 6 nitrogen and oxygen atoms in total. The fraction of sp³-hybridized carbons (Fsp3) is 0.409. The summed E-state index contributed by atoms with van der Waals surface area (Å²) in [5.74, 6) is -1.40. The SMILES string of the molecule is Cn1c2c(c(=O)n(C)c1=O)C(c1ccccc1C(F)(F)F)C1=C(CC(C)(C)CC1=O)N2. The highest BCUT2D eigenvalue weighted by Gasteiger charge is 2.45. The predicted molar refractivity (Wildman–Crippen MR) is 109 cm³/mol. The van der Waals surface area contributed by atoms with E-state index in [0.29, 0.717) is 12.1 Å². The molecule has 0 saturated heterocycles. The Hall–Kier alpha value is -3.10. The first-order valence-electron chi connectivity index (χ1n) is 9.83. The molecule has 1 aliphatic carbocycles. The first-order chi connectivity index (χ1) is 14.3. The number of benzene rings is 1. The number of carbonyl (C=O) groups excluding carboxylic acids is 1. The third-order valence-electron chi connectivity index (χ3n) is 6.04. The first kappa shape index (κ1) is 21.1. The quantitative estimate of drug-likeness (QED) is 0.749. The molecule has 4 rings (SSSR count). The van der Waals surface area contributed by atoms with Gasteiger partial charge in [-0.2, -0.15) is 13.2 Å². The molecule has 1 aliphatic heterocycles. The van der Waals surface area contributed by atoms with Gasteiger partial charge in [0.15, 0.2) is 5.78 Å². The first-order valence-corrected chi connectivity index (χ1v) is 9.83. The third kappa shape index (κ3) is 3.23. The molecule has 1 N–H and O–H groups in total. The van der Waals surface area contributed by atoms with Gasteiger partial charge in [0.25, 0.3) is 5.56 Å². The van der Waals surface area contributed by atoms with Crippen LogP contribution in [0.5, 0.6) is 0 Å². The van der Waals surface area contributed by atoms with E-state index in [-0.39, 0.29) is 34.7 Å². The van der Waals surface area contributed by atoms with Gasteiger partial charge in [0.05, 0.1) is 11.1 Å². The Labute approximate surface area is 176 Å². The molecule has 2 aliphatic rings. The number of hydrogen-bond donors (Lipinski definition) is 1. The molecule has 0 fully saturated rings. The van der Waals surface area contributed by atoms with E-state index in [4.69, 9.17) is 0 Å². The fourth-order valence-electron chi connectivity index (χ4n) is 4.67. The summed E-state index contributed by atoms with van der Waals surface area (Å²) in [5, 5.41) is 3.05. The van der Waals surface area contributed by atoms with Gasteiger partial charge in [-0.25, -0.2) is 4.79 Å². The molecule has 1 aromatic carbocycles. The Morgan fingerprint density at radius 3 is 2.32 bits per heavy atom. The molecular weight excluding hydrogens is 411 g/mol. The van der Waals surface area contributed by atoms with E-state index in [9.17, 15) is 27.6 Å². The summed E-state index contributed by atoms with van der Waals surface area (Å²) in [4.78, 5) is 38.8. The summed E-state index contributed by atoms with van der Waals surface area (Å²) in [6.45, 7) is 3.79. The summed E-state index contributed by atoms with van der Waals surface area (Å²) in [6.07, 6.45) is -4.12. The molecule has 31 heavy (non-hydrogen) atoms. The largest absolute Gasteiger partial charge is 0.416 e. The van der Waals surface area contributed by atoms with Crippen LogP contribution in [-0.2, 0) is 25.1 Å². The fourth-order valence-corrected chi connectivity index (χ4v) is 4.67. The lowest BCUT2D eigenvalue weighted by Crippen LogP contribution is -2.45. The van der Waals surface area contributed by atoms with Crippen LogP contribution in [-0.4, -0.2) is 14.9 Å². The van der Waals surface area contributed by atoms with E-state index in [0.717, 1.165) is 10.6 Å². The van der Waals surface area contributed by atoms with Crippen molar-refractivity contribution in [3.05, 3.63) is 73.1 Å². The lowest BCUT2D eigenvalue weighted by atomic mass is 9.68. The highest BCUT2D eigenvalue weighted by Crippen LogP contribution is 2.49. The monoisotopic (exact) mass is 433 g/mol. The number of aromatic nitrogens is 2. The van der Waals surface area contributed by atoms with Gasteiger partial charge in [-0.1, -0.05) is 32.0 Å². The van der Waals surface area contributed by atoms with Crippen LogP contribution in [0.1, 0.15) is 49.3 Å². The summed E-state index contributed by atoms with van der Waals surface area (Å²) in [5.41, 5.74) is -2.23. The number of Topliss-reactive ketones (excluding diaryl/α,β-unsaturated/α-hetero) is 1. The number of carbonyl (C=O) groups is 1. The van der Waals surface area contributed by atoms with Crippen molar-refractivity contribution in [1.29, 1.82) is 0 Å².